The van der Waals surface area contributed by atoms with Crippen molar-refractivity contribution in [2.75, 3.05) is 13.2 Å². The molecule has 1 fully saturated rings. The summed E-state index contributed by atoms with van der Waals surface area (Å²) in [6.45, 7) is 3.69. The lowest BCUT2D eigenvalue weighted by molar-refractivity contribution is 0.126. The highest BCUT2D eigenvalue weighted by atomic mass is 35.5. The van der Waals surface area contributed by atoms with Gasteiger partial charge in [-0.05, 0) is 44.9 Å². The first kappa shape index (κ1) is 14.1. The fourth-order valence-corrected chi connectivity index (χ4v) is 1.90. The van der Waals surface area contributed by atoms with E-state index in [1.54, 1.807) is 0 Å². The van der Waals surface area contributed by atoms with E-state index < -0.39 is 0 Å². The molecule has 96 valence electrons. The number of rotatable bonds is 4. The zero-order chi connectivity index (χ0) is 11.2. The van der Waals surface area contributed by atoms with Gasteiger partial charge in [-0.1, -0.05) is 12.1 Å². The molecule has 3 nitrogen and oxygen atoms in total. The first-order chi connectivity index (χ1) is 7.90. The van der Waals surface area contributed by atoms with Gasteiger partial charge in [0.2, 0.25) is 0 Å². The van der Waals surface area contributed by atoms with Gasteiger partial charge in [0.05, 0.1) is 6.61 Å². The number of hydrogen-bond acceptors (Lipinski definition) is 3. The Morgan fingerprint density at radius 1 is 1.24 bits per heavy atom. The molecule has 0 amide bonds. The Hall–Kier alpha value is -0.930. The van der Waals surface area contributed by atoms with E-state index in [1.165, 1.54) is 12.8 Å². The van der Waals surface area contributed by atoms with E-state index in [9.17, 15) is 0 Å². The van der Waals surface area contributed by atoms with Crippen molar-refractivity contribution in [3.63, 3.8) is 0 Å². The Kier molecular flexibility index (Phi) is 6.16. The Morgan fingerprint density at radius 3 is 2.65 bits per heavy atom. The van der Waals surface area contributed by atoms with Crippen molar-refractivity contribution in [2.24, 2.45) is 0 Å². The fourth-order valence-electron chi connectivity index (χ4n) is 1.90. The van der Waals surface area contributed by atoms with Gasteiger partial charge in [-0.15, -0.1) is 12.4 Å². The van der Waals surface area contributed by atoms with Gasteiger partial charge in [-0.3, -0.25) is 5.32 Å². The average Bonchev–Trinajstić information content (AvgIpc) is 2.33. The number of halogens is 1. The van der Waals surface area contributed by atoms with Crippen molar-refractivity contribution < 1.29 is 9.47 Å². The lowest BCUT2D eigenvalue weighted by Gasteiger charge is -2.25. The zero-order valence-electron chi connectivity index (χ0n) is 10.1. The molecule has 1 saturated heterocycles. The Morgan fingerprint density at radius 2 is 2.00 bits per heavy atom. The third-order valence-corrected chi connectivity index (χ3v) is 2.68. The molecule has 4 heteroatoms. The van der Waals surface area contributed by atoms with Crippen LogP contribution in [0.3, 0.4) is 0 Å². The summed E-state index contributed by atoms with van der Waals surface area (Å²) in [4.78, 5) is 0. The summed E-state index contributed by atoms with van der Waals surface area (Å²) in [5, 5.41) is 3.36. The van der Waals surface area contributed by atoms with Crippen LogP contribution in [0.25, 0.3) is 0 Å². The molecule has 1 atom stereocenters. The summed E-state index contributed by atoms with van der Waals surface area (Å²) in [6.07, 6.45) is 3.68. The quantitative estimate of drug-likeness (QED) is 0.900. The van der Waals surface area contributed by atoms with Crippen LogP contribution < -0.4 is 14.8 Å². The molecule has 1 aromatic rings. The van der Waals surface area contributed by atoms with Gasteiger partial charge < -0.3 is 9.47 Å². The Bertz CT molecular complexity index is 327. The molecule has 1 unspecified atom stereocenters. The van der Waals surface area contributed by atoms with Crippen molar-refractivity contribution in [3.8, 4) is 11.5 Å². The minimum atomic E-state index is 0. The number of nitrogens with one attached hydrogen (secondary N) is 1. The van der Waals surface area contributed by atoms with Crippen LogP contribution >= 0.6 is 12.4 Å². The highest BCUT2D eigenvalue weighted by molar-refractivity contribution is 5.85. The standard InChI is InChI=1S/C13H19NO2.ClH/c1-2-15-11-7-3-4-8-12(11)16-13-9-5-6-10-14-13;/h3-4,7-8,13-14H,2,5-6,9-10H2,1H3;1H. The zero-order valence-corrected chi connectivity index (χ0v) is 11.0. The Balaban J connectivity index is 0.00000144. The van der Waals surface area contributed by atoms with Crippen LogP contribution in [0.1, 0.15) is 26.2 Å². The third kappa shape index (κ3) is 4.10. The number of benzene rings is 1. The van der Waals surface area contributed by atoms with Crippen molar-refractivity contribution in [1.29, 1.82) is 0 Å². The lowest BCUT2D eigenvalue weighted by atomic mass is 10.1. The topological polar surface area (TPSA) is 30.5 Å². The minimum absolute atomic E-state index is 0. The van der Waals surface area contributed by atoms with Gasteiger partial charge >= 0.3 is 0 Å². The molecule has 1 aromatic carbocycles. The summed E-state index contributed by atoms with van der Waals surface area (Å²) < 4.78 is 11.4. The van der Waals surface area contributed by atoms with Crippen molar-refractivity contribution in [3.05, 3.63) is 24.3 Å². The molecule has 17 heavy (non-hydrogen) atoms. The second-order valence-electron chi connectivity index (χ2n) is 3.94. The van der Waals surface area contributed by atoms with Crippen LogP contribution in [0.4, 0.5) is 0 Å². The van der Waals surface area contributed by atoms with E-state index in [1.807, 2.05) is 31.2 Å². The first-order valence-corrected chi connectivity index (χ1v) is 6.02. The molecular weight excluding hydrogens is 238 g/mol. The smallest absolute Gasteiger partial charge is 0.163 e. The SMILES string of the molecule is CCOc1ccccc1OC1CCCCN1.Cl. The van der Waals surface area contributed by atoms with Gasteiger partial charge in [-0.25, -0.2) is 0 Å². The summed E-state index contributed by atoms with van der Waals surface area (Å²) in [6, 6.07) is 7.84. The number of piperidine rings is 1. The van der Waals surface area contributed by atoms with Crippen LogP contribution in [-0.2, 0) is 0 Å². The van der Waals surface area contributed by atoms with Gasteiger partial charge in [0.25, 0.3) is 0 Å². The normalized spacial score (nSPS) is 19.2. The fraction of sp³-hybridized carbons (Fsp3) is 0.538. The second kappa shape index (κ2) is 7.41. The summed E-state index contributed by atoms with van der Waals surface area (Å²) in [5.41, 5.74) is 0. The number of ether oxygens (including phenoxy) is 2. The highest BCUT2D eigenvalue weighted by Crippen LogP contribution is 2.28. The van der Waals surface area contributed by atoms with Crippen molar-refractivity contribution in [2.45, 2.75) is 32.4 Å². The number of para-hydroxylation sites is 2. The van der Waals surface area contributed by atoms with E-state index >= 15 is 0 Å². The van der Waals surface area contributed by atoms with Gasteiger partial charge in [-0.2, -0.15) is 0 Å². The predicted octanol–water partition coefficient (Wildman–Crippen LogP) is 2.99. The highest BCUT2D eigenvalue weighted by Gasteiger charge is 2.15. The molecule has 1 aliphatic rings. The first-order valence-electron chi connectivity index (χ1n) is 6.02. The van der Waals surface area contributed by atoms with Crippen LogP contribution in [-0.4, -0.2) is 19.4 Å². The van der Waals surface area contributed by atoms with Gasteiger partial charge in [0, 0.05) is 0 Å². The molecule has 2 rings (SSSR count). The molecule has 0 radical (unpaired) electrons. The van der Waals surface area contributed by atoms with Crippen LogP contribution in [0.15, 0.2) is 24.3 Å². The maximum Gasteiger partial charge on any atom is 0.163 e. The molecule has 1 N–H and O–H groups in total. The van der Waals surface area contributed by atoms with Crippen LogP contribution in [0.5, 0.6) is 11.5 Å². The number of hydrogen-bond donors (Lipinski definition) is 1. The molecule has 1 heterocycles. The minimum Gasteiger partial charge on any atom is -0.490 e. The van der Waals surface area contributed by atoms with E-state index in [-0.39, 0.29) is 18.6 Å². The molecule has 0 bridgehead atoms. The average molecular weight is 258 g/mol. The van der Waals surface area contributed by atoms with Gasteiger partial charge in [0.1, 0.15) is 6.23 Å². The van der Waals surface area contributed by atoms with E-state index in [2.05, 4.69) is 5.32 Å². The van der Waals surface area contributed by atoms with E-state index in [0.29, 0.717) is 6.61 Å². The molecule has 0 aliphatic carbocycles. The molecule has 0 saturated carbocycles. The van der Waals surface area contributed by atoms with E-state index in [0.717, 1.165) is 24.5 Å². The third-order valence-electron chi connectivity index (χ3n) is 2.68. The van der Waals surface area contributed by atoms with Gasteiger partial charge in [0.15, 0.2) is 11.5 Å². The molecule has 0 spiro atoms. The van der Waals surface area contributed by atoms with E-state index in [4.69, 9.17) is 9.47 Å². The summed E-state index contributed by atoms with van der Waals surface area (Å²) in [7, 11) is 0. The Labute approximate surface area is 109 Å². The largest absolute Gasteiger partial charge is 0.490 e. The van der Waals surface area contributed by atoms with Crippen molar-refractivity contribution >= 4 is 12.4 Å². The molecule has 1 aliphatic heterocycles. The summed E-state index contributed by atoms with van der Waals surface area (Å²) >= 11 is 0. The van der Waals surface area contributed by atoms with Crippen LogP contribution in [0.2, 0.25) is 0 Å². The molecular formula is C13H20ClNO2. The maximum atomic E-state index is 5.90. The van der Waals surface area contributed by atoms with Crippen molar-refractivity contribution in [1.82, 2.24) is 5.32 Å². The monoisotopic (exact) mass is 257 g/mol. The van der Waals surface area contributed by atoms with Crippen LogP contribution in [0, 0.1) is 0 Å². The maximum absolute atomic E-state index is 5.90. The second-order valence-corrected chi connectivity index (χ2v) is 3.94. The lowest BCUT2D eigenvalue weighted by Crippen LogP contribution is -2.38. The summed E-state index contributed by atoms with van der Waals surface area (Å²) in [5.74, 6) is 1.67. The molecule has 0 aromatic heterocycles. The predicted molar refractivity (Wildman–Crippen MR) is 71.1 cm³/mol.